The Hall–Kier alpha value is -4.04. The zero-order valence-corrected chi connectivity index (χ0v) is 24.0. The van der Waals surface area contributed by atoms with Gasteiger partial charge in [0.25, 0.3) is 11.8 Å². The minimum Gasteiger partial charge on any atom is -0.352 e. The molecule has 0 unspecified atom stereocenters. The highest BCUT2D eigenvalue weighted by molar-refractivity contribution is 7.14. The van der Waals surface area contributed by atoms with Crippen molar-refractivity contribution in [2.45, 2.75) is 52.9 Å². The van der Waals surface area contributed by atoms with Crippen LogP contribution in [-0.2, 0) is 12.8 Å². The Balaban J connectivity index is 1.27. The van der Waals surface area contributed by atoms with Crippen molar-refractivity contribution in [3.8, 4) is 11.3 Å². The number of nitrogens with one attached hydrogen (secondary N) is 3. The number of aryl methyl sites for hydroxylation is 2. The molecule has 0 radical (unpaired) electrons. The van der Waals surface area contributed by atoms with Gasteiger partial charge in [-0.25, -0.2) is 9.97 Å². The molecular formula is C32H35N5O2S. The standard InChI is InChI=1S/C32H35N5O2S/c1-20(2)15-17-33-30(38)22-11-13-24(14-12-22)35-32-34-18-16-27(37-32)25-8-6-9-26(21(25)3)36-31(39)29-19-23-7-4-5-10-28(23)40-29/h6,8-9,11-14,16,18-20H,4-5,7,10,15,17H2,1-3H3,(H,33,38)(H,36,39)(H,34,35,37). The summed E-state index contributed by atoms with van der Waals surface area (Å²) in [4.78, 5) is 36.7. The summed E-state index contributed by atoms with van der Waals surface area (Å²) in [6, 6.07) is 17.0. The molecule has 2 aromatic carbocycles. The molecule has 0 saturated carbocycles. The van der Waals surface area contributed by atoms with Crippen LogP contribution < -0.4 is 16.0 Å². The van der Waals surface area contributed by atoms with Crippen LogP contribution in [0.2, 0.25) is 0 Å². The average Bonchev–Trinajstić information content (AvgIpc) is 3.39. The molecule has 0 bridgehead atoms. The molecule has 0 fully saturated rings. The maximum Gasteiger partial charge on any atom is 0.265 e. The molecule has 0 saturated heterocycles. The van der Waals surface area contributed by atoms with Gasteiger partial charge in [-0.2, -0.15) is 0 Å². The summed E-state index contributed by atoms with van der Waals surface area (Å²) in [5, 5.41) is 9.30. The number of hydrogen-bond donors (Lipinski definition) is 3. The zero-order valence-electron chi connectivity index (χ0n) is 23.2. The van der Waals surface area contributed by atoms with Crippen molar-refractivity contribution in [2.75, 3.05) is 17.2 Å². The van der Waals surface area contributed by atoms with Crippen molar-refractivity contribution in [3.63, 3.8) is 0 Å². The summed E-state index contributed by atoms with van der Waals surface area (Å²) in [7, 11) is 0. The molecule has 1 aliphatic carbocycles. The maximum atomic E-state index is 13.1. The Kier molecular flexibility index (Phi) is 8.55. The van der Waals surface area contributed by atoms with E-state index in [0.29, 0.717) is 24.0 Å². The van der Waals surface area contributed by atoms with Crippen molar-refractivity contribution < 1.29 is 9.59 Å². The van der Waals surface area contributed by atoms with Gasteiger partial charge in [0.2, 0.25) is 5.95 Å². The third-order valence-electron chi connectivity index (χ3n) is 7.14. The maximum absolute atomic E-state index is 13.1. The highest BCUT2D eigenvalue weighted by Crippen LogP contribution is 2.32. The van der Waals surface area contributed by atoms with E-state index in [1.54, 1.807) is 29.7 Å². The molecule has 2 amide bonds. The van der Waals surface area contributed by atoms with Crippen LogP contribution in [-0.4, -0.2) is 28.3 Å². The molecule has 40 heavy (non-hydrogen) atoms. The van der Waals surface area contributed by atoms with E-state index in [9.17, 15) is 9.59 Å². The first-order valence-electron chi connectivity index (χ1n) is 13.9. The number of benzene rings is 2. The summed E-state index contributed by atoms with van der Waals surface area (Å²) in [5.74, 6) is 0.849. The molecule has 206 valence electrons. The smallest absolute Gasteiger partial charge is 0.265 e. The largest absolute Gasteiger partial charge is 0.352 e. The second kappa shape index (κ2) is 12.4. The van der Waals surface area contributed by atoms with Crippen LogP contribution >= 0.6 is 11.3 Å². The van der Waals surface area contributed by atoms with Gasteiger partial charge >= 0.3 is 0 Å². The van der Waals surface area contributed by atoms with Gasteiger partial charge in [0.05, 0.1) is 10.6 Å². The van der Waals surface area contributed by atoms with Crippen molar-refractivity contribution in [1.29, 1.82) is 0 Å². The third-order valence-corrected chi connectivity index (χ3v) is 8.38. The molecule has 3 N–H and O–H groups in total. The number of fused-ring (bicyclic) bond motifs is 1. The second-order valence-corrected chi connectivity index (χ2v) is 11.7. The van der Waals surface area contributed by atoms with Gasteiger partial charge in [0.15, 0.2) is 0 Å². The van der Waals surface area contributed by atoms with Crippen LogP contribution in [0, 0.1) is 12.8 Å². The first-order valence-corrected chi connectivity index (χ1v) is 14.7. The van der Waals surface area contributed by atoms with Crippen LogP contribution in [0.4, 0.5) is 17.3 Å². The summed E-state index contributed by atoms with van der Waals surface area (Å²) in [6.45, 7) is 6.93. The lowest BCUT2D eigenvalue weighted by molar-refractivity contribution is 0.0951. The molecule has 7 nitrogen and oxygen atoms in total. The minimum atomic E-state index is -0.0772. The third kappa shape index (κ3) is 6.57. The fourth-order valence-electron chi connectivity index (χ4n) is 4.81. The van der Waals surface area contributed by atoms with Crippen LogP contribution in [0.5, 0.6) is 0 Å². The first kappa shape index (κ1) is 27.5. The Labute approximate surface area is 239 Å². The van der Waals surface area contributed by atoms with Gasteiger partial charge in [-0.15, -0.1) is 11.3 Å². The van der Waals surface area contributed by atoms with Gasteiger partial charge in [-0.05, 0) is 98.5 Å². The normalized spacial score (nSPS) is 12.6. The van der Waals surface area contributed by atoms with Crippen LogP contribution in [0.1, 0.15) is 69.1 Å². The summed E-state index contributed by atoms with van der Waals surface area (Å²) in [6.07, 6.45) is 7.20. The predicted molar refractivity (Wildman–Crippen MR) is 163 cm³/mol. The van der Waals surface area contributed by atoms with E-state index < -0.39 is 0 Å². The molecule has 5 rings (SSSR count). The predicted octanol–water partition coefficient (Wildman–Crippen LogP) is 7.16. The van der Waals surface area contributed by atoms with Gasteiger partial charge in [0, 0.05) is 40.1 Å². The quantitative estimate of drug-likeness (QED) is 0.204. The molecule has 0 spiro atoms. The van der Waals surface area contributed by atoms with Crippen molar-refractivity contribution in [2.24, 2.45) is 5.92 Å². The monoisotopic (exact) mass is 553 g/mol. The van der Waals surface area contributed by atoms with Gasteiger partial charge < -0.3 is 16.0 Å². The lowest BCUT2D eigenvalue weighted by atomic mass is 9.99. The average molecular weight is 554 g/mol. The first-order chi connectivity index (χ1) is 19.4. The van der Waals surface area contributed by atoms with Gasteiger partial charge in [-0.3, -0.25) is 9.59 Å². The molecule has 1 aliphatic rings. The Bertz CT molecular complexity index is 1490. The topological polar surface area (TPSA) is 96.0 Å². The fraction of sp³-hybridized carbons (Fsp3) is 0.312. The number of hydrogen-bond acceptors (Lipinski definition) is 6. The Morgan fingerprint density at radius 2 is 1.80 bits per heavy atom. The number of thiophene rings is 1. The number of nitrogens with zero attached hydrogens (tertiary/aromatic N) is 2. The van der Waals surface area contributed by atoms with E-state index >= 15 is 0 Å². The summed E-state index contributed by atoms with van der Waals surface area (Å²) >= 11 is 1.62. The van der Waals surface area contributed by atoms with Crippen LogP contribution in [0.25, 0.3) is 11.3 Å². The van der Waals surface area contributed by atoms with E-state index in [2.05, 4.69) is 40.8 Å². The van der Waals surface area contributed by atoms with Crippen molar-refractivity contribution in [3.05, 3.63) is 87.2 Å². The highest BCUT2D eigenvalue weighted by atomic mass is 32.1. The van der Waals surface area contributed by atoms with Crippen molar-refractivity contribution in [1.82, 2.24) is 15.3 Å². The summed E-state index contributed by atoms with van der Waals surface area (Å²) in [5.41, 5.74) is 6.10. The molecule has 0 atom stereocenters. The summed E-state index contributed by atoms with van der Waals surface area (Å²) < 4.78 is 0. The van der Waals surface area contributed by atoms with E-state index in [1.165, 1.54) is 23.3 Å². The highest BCUT2D eigenvalue weighted by Gasteiger charge is 2.18. The van der Waals surface area contributed by atoms with E-state index in [4.69, 9.17) is 4.98 Å². The molecular weight excluding hydrogens is 518 g/mol. The number of anilines is 3. The lowest BCUT2D eigenvalue weighted by Crippen LogP contribution is -2.25. The minimum absolute atomic E-state index is 0.0678. The number of rotatable bonds is 9. The number of carbonyl (C=O) groups is 2. The molecule has 8 heteroatoms. The molecule has 4 aromatic rings. The van der Waals surface area contributed by atoms with E-state index in [1.807, 2.05) is 43.3 Å². The van der Waals surface area contributed by atoms with Gasteiger partial charge in [-0.1, -0.05) is 26.0 Å². The molecule has 2 heterocycles. The fourth-order valence-corrected chi connectivity index (χ4v) is 5.96. The number of amides is 2. The van der Waals surface area contributed by atoms with E-state index in [0.717, 1.165) is 52.3 Å². The van der Waals surface area contributed by atoms with Gasteiger partial charge in [0.1, 0.15) is 0 Å². The number of aromatic nitrogens is 2. The second-order valence-electron chi connectivity index (χ2n) is 10.6. The van der Waals surface area contributed by atoms with Crippen molar-refractivity contribution >= 4 is 40.5 Å². The lowest BCUT2D eigenvalue weighted by Gasteiger charge is -2.13. The van der Waals surface area contributed by atoms with Crippen LogP contribution in [0.3, 0.4) is 0 Å². The Morgan fingerprint density at radius 1 is 1.00 bits per heavy atom. The Morgan fingerprint density at radius 3 is 2.58 bits per heavy atom. The molecule has 0 aliphatic heterocycles. The number of carbonyl (C=O) groups excluding carboxylic acids is 2. The zero-order chi connectivity index (χ0) is 28.1. The van der Waals surface area contributed by atoms with Crippen LogP contribution in [0.15, 0.2) is 60.8 Å². The molecule has 2 aromatic heterocycles. The SMILES string of the molecule is Cc1c(NC(=O)c2cc3c(s2)CCCC3)cccc1-c1ccnc(Nc2ccc(C(=O)NCCC(C)C)cc2)n1. The van der Waals surface area contributed by atoms with E-state index in [-0.39, 0.29) is 11.8 Å².